The zero-order valence-corrected chi connectivity index (χ0v) is 14.7. The average Bonchev–Trinajstić information content (AvgIpc) is 2.40. The maximum atomic E-state index is 14.0. The van der Waals surface area contributed by atoms with Crippen LogP contribution in [0, 0.1) is 5.82 Å². The number of carbonyl (C=O) groups excluding carboxylic acids is 2. The van der Waals surface area contributed by atoms with Crippen LogP contribution >= 0.6 is 10.3 Å². The maximum absolute atomic E-state index is 14.0. The van der Waals surface area contributed by atoms with Gasteiger partial charge in [-0.2, -0.15) is 0 Å². The van der Waals surface area contributed by atoms with Gasteiger partial charge in [-0.15, -0.1) is 0 Å². The summed E-state index contributed by atoms with van der Waals surface area (Å²) >= 11 is 0. The molecule has 0 aliphatic heterocycles. The lowest BCUT2D eigenvalue weighted by Crippen LogP contribution is -2.53. The number of halogens is 1. The van der Waals surface area contributed by atoms with E-state index in [-0.39, 0.29) is 11.5 Å². The first-order valence-electron chi connectivity index (χ1n) is 7.39. The van der Waals surface area contributed by atoms with Crippen molar-refractivity contribution in [3.8, 4) is 0 Å². The molecule has 5 nitrogen and oxygen atoms in total. The first-order valence-corrected chi connectivity index (χ1v) is 10.2. The zero-order valence-electron chi connectivity index (χ0n) is 13.9. The lowest BCUT2D eigenvalue weighted by molar-refractivity contribution is -0.141. The second kappa shape index (κ2) is 6.39. The van der Waals surface area contributed by atoms with Gasteiger partial charge in [0.15, 0.2) is 0 Å². The summed E-state index contributed by atoms with van der Waals surface area (Å²) in [5.74, 6) is -1.40. The van der Waals surface area contributed by atoms with Crippen molar-refractivity contribution >= 4 is 27.9 Å². The van der Waals surface area contributed by atoms with E-state index in [0.717, 1.165) is 6.42 Å². The van der Waals surface area contributed by atoms with Crippen LogP contribution in [0.3, 0.4) is 0 Å². The van der Waals surface area contributed by atoms with Crippen LogP contribution in [0.25, 0.3) is 0 Å². The Kier molecular flexibility index (Phi) is 4.89. The van der Waals surface area contributed by atoms with Crippen molar-refractivity contribution in [3.63, 3.8) is 0 Å². The molecule has 2 N–H and O–H groups in total. The van der Waals surface area contributed by atoms with Crippen LogP contribution in [-0.4, -0.2) is 43.2 Å². The normalized spacial score (nSPS) is 16.9. The van der Waals surface area contributed by atoms with Crippen LogP contribution in [0.2, 0.25) is 0 Å². The van der Waals surface area contributed by atoms with Crippen molar-refractivity contribution in [1.29, 1.82) is 0 Å². The standard InChI is InChI=1S/C16H23FN2O3S/c1-18-14(20)12-7-6-11(10-13(12)17)19-16(8-5-9-16)15(21)22-23(2,3)4/h6-7,10,19H,5,8-9H2,1-4H3,(H,18,20). The highest BCUT2D eigenvalue weighted by molar-refractivity contribution is 8.28. The third kappa shape index (κ3) is 3.96. The Labute approximate surface area is 137 Å². The van der Waals surface area contributed by atoms with Gasteiger partial charge in [-0.25, -0.2) is 9.18 Å². The van der Waals surface area contributed by atoms with E-state index >= 15 is 0 Å². The second-order valence-corrected chi connectivity index (χ2v) is 10.0. The molecule has 23 heavy (non-hydrogen) atoms. The number of benzene rings is 1. The molecule has 1 fully saturated rings. The summed E-state index contributed by atoms with van der Waals surface area (Å²) in [5, 5.41) is 5.49. The van der Waals surface area contributed by atoms with Gasteiger partial charge >= 0.3 is 5.97 Å². The molecule has 128 valence electrons. The number of nitrogens with one attached hydrogen (secondary N) is 2. The molecule has 1 amide bonds. The van der Waals surface area contributed by atoms with Gasteiger partial charge in [0.25, 0.3) is 5.91 Å². The van der Waals surface area contributed by atoms with Gasteiger partial charge in [-0.1, -0.05) is 10.3 Å². The number of anilines is 1. The Morgan fingerprint density at radius 1 is 1.26 bits per heavy atom. The van der Waals surface area contributed by atoms with Crippen LogP contribution in [0.15, 0.2) is 18.2 Å². The van der Waals surface area contributed by atoms with Crippen molar-refractivity contribution in [3.05, 3.63) is 29.6 Å². The molecule has 0 saturated heterocycles. The fourth-order valence-electron chi connectivity index (χ4n) is 2.41. The Morgan fingerprint density at radius 2 is 1.91 bits per heavy atom. The smallest absolute Gasteiger partial charge is 0.342 e. The van der Waals surface area contributed by atoms with Gasteiger partial charge in [-0.05, 0) is 56.2 Å². The third-order valence-electron chi connectivity index (χ3n) is 3.75. The summed E-state index contributed by atoms with van der Waals surface area (Å²) in [7, 11) is 0.0255. The molecule has 1 aliphatic carbocycles. The van der Waals surface area contributed by atoms with E-state index in [2.05, 4.69) is 10.6 Å². The van der Waals surface area contributed by atoms with Gasteiger partial charge in [0.2, 0.25) is 0 Å². The van der Waals surface area contributed by atoms with Crippen molar-refractivity contribution < 1.29 is 18.2 Å². The largest absolute Gasteiger partial charge is 0.414 e. The van der Waals surface area contributed by atoms with E-state index in [1.165, 1.54) is 19.2 Å². The van der Waals surface area contributed by atoms with E-state index in [9.17, 15) is 14.0 Å². The maximum Gasteiger partial charge on any atom is 0.342 e. The minimum absolute atomic E-state index is 0.0255. The van der Waals surface area contributed by atoms with Crippen molar-refractivity contribution in [2.24, 2.45) is 0 Å². The predicted molar refractivity (Wildman–Crippen MR) is 91.4 cm³/mol. The molecule has 1 saturated carbocycles. The van der Waals surface area contributed by atoms with Gasteiger partial charge in [-0.3, -0.25) is 4.79 Å². The van der Waals surface area contributed by atoms with Gasteiger partial charge < -0.3 is 14.8 Å². The molecule has 0 spiro atoms. The van der Waals surface area contributed by atoms with Crippen molar-refractivity contribution in [1.82, 2.24) is 5.32 Å². The van der Waals surface area contributed by atoms with Crippen LogP contribution < -0.4 is 10.6 Å². The second-order valence-electron chi connectivity index (χ2n) is 6.43. The lowest BCUT2D eigenvalue weighted by Gasteiger charge is -2.42. The fraction of sp³-hybridized carbons (Fsp3) is 0.500. The average molecular weight is 342 g/mol. The monoisotopic (exact) mass is 342 g/mol. The summed E-state index contributed by atoms with van der Waals surface area (Å²) < 4.78 is 19.6. The molecular formula is C16H23FN2O3S. The van der Waals surface area contributed by atoms with E-state index in [4.69, 9.17) is 4.18 Å². The van der Waals surface area contributed by atoms with Gasteiger partial charge in [0.05, 0.1) is 5.56 Å². The topological polar surface area (TPSA) is 67.4 Å². The Hall–Kier alpha value is -1.76. The Morgan fingerprint density at radius 3 is 2.35 bits per heavy atom. The molecule has 1 aliphatic rings. The molecule has 2 rings (SSSR count). The summed E-state index contributed by atoms with van der Waals surface area (Å²) in [5.41, 5.74) is -0.348. The molecule has 0 unspecified atom stereocenters. The number of carbonyl (C=O) groups is 2. The zero-order chi connectivity index (χ0) is 17.3. The number of hydrogen-bond acceptors (Lipinski definition) is 4. The van der Waals surface area contributed by atoms with Gasteiger partial charge in [0.1, 0.15) is 11.4 Å². The van der Waals surface area contributed by atoms with Gasteiger partial charge in [0, 0.05) is 12.7 Å². The fourth-order valence-corrected chi connectivity index (χ4v) is 3.02. The number of amides is 1. The summed E-state index contributed by atoms with van der Waals surface area (Å²) in [6, 6.07) is 4.25. The molecule has 0 radical (unpaired) electrons. The highest BCUT2D eigenvalue weighted by Crippen LogP contribution is 2.43. The lowest BCUT2D eigenvalue weighted by atomic mass is 9.76. The highest BCUT2D eigenvalue weighted by Gasteiger charge is 2.46. The van der Waals surface area contributed by atoms with E-state index < -0.39 is 27.6 Å². The van der Waals surface area contributed by atoms with Crippen molar-refractivity contribution in [2.45, 2.75) is 24.8 Å². The molecule has 0 bridgehead atoms. The van der Waals surface area contributed by atoms with E-state index in [0.29, 0.717) is 18.5 Å². The number of rotatable bonds is 5. The molecule has 7 heteroatoms. The van der Waals surface area contributed by atoms with Crippen LogP contribution in [0.5, 0.6) is 0 Å². The SMILES string of the molecule is CNC(=O)c1ccc(NC2(C(=O)OS(C)(C)C)CCC2)cc1F. The molecular weight excluding hydrogens is 319 g/mol. The van der Waals surface area contributed by atoms with Crippen LogP contribution in [0.4, 0.5) is 10.1 Å². The van der Waals surface area contributed by atoms with Crippen molar-refractivity contribution in [2.75, 3.05) is 31.1 Å². The Bertz CT molecular complexity index is 624. The molecule has 0 heterocycles. The van der Waals surface area contributed by atoms with Crippen LogP contribution in [0.1, 0.15) is 29.6 Å². The Balaban J connectivity index is 2.18. The molecule has 0 atom stereocenters. The third-order valence-corrected chi connectivity index (χ3v) is 4.40. The first kappa shape index (κ1) is 17.6. The summed E-state index contributed by atoms with van der Waals surface area (Å²) in [6.07, 6.45) is 7.92. The quantitative estimate of drug-likeness (QED) is 0.863. The first-order chi connectivity index (χ1) is 10.7. The van der Waals surface area contributed by atoms with Crippen LogP contribution in [-0.2, 0) is 8.98 Å². The minimum atomic E-state index is -1.42. The molecule has 1 aromatic carbocycles. The molecule has 0 aromatic heterocycles. The summed E-state index contributed by atoms with van der Waals surface area (Å²) in [6.45, 7) is 0. The van der Waals surface area contributed by atoms with E-state index in [1.807, 2.05) is 18.8 Å². The number of hydrogen-bond donors (Lipinski definition) is 2. The molecule has 1 aromatic rings. The predicted octanol–water partition coefficient (Wildman–Crippen LogP) is 2.67. The highest BCUT2D eigenvalue weighted by atomic mass is 32.3. The summed E-state index contributed by atoms with van der Waals surface area (Å²) in [4.78, 5) is 24.0. The van der Waals surface area contributed by atoms with E-state index in [1.54, 1.807) is 6.07 Å². The minimum Gasteiger partial charge on any atom is -0.414 e.